The smallest absolute Gasteiger partial charge is 0.228 e. The molecular weight excluding hydrogens is 252 g/mol. The zero-order valence-corrected chi connectivity index (χ0v) is 11.8. The van der Waals surface area contributed by atoms with Gasteiger partial charge in [-0.2, -0.15) is 0 Å². The fourth-order valence-electron chi connectivity index (χ4n) is 2.83. The van der Waals surface area contributed by atoms with Crippen LogP contribution in [0.25, 0.3) is 0 Å². The van der Waals surface area contributed by atoms with Crippen molar-refractivity contribution in [2.45, 2.75) is 38.3 Å². The number of nitrogen functional groups attached to an aromatic ring is 1. The Morgan fingerprint density at radius 3 is 2.85 bits per heavy atom. The number of anilines is 1. The minimum atomic E-state index is 0.0467. The SMILES string of the molecule is Nc1cccc(CN(C(=O)C2CCCOC2)C2CC2)c1. The van der Waals surface area contributed by atoms with Crippen molar-refractivity contribution in [3.05, 3.63) is 29.8 Å². The van der Waals surface area contributed by atoms with E-state index >= 15 is 0 Å². The Hall–Kier alpha value is -1.55. The van der Waals surface area contributed by atoms with E-state index in [4.69, 9.17) is 10.5 Å². The van der Waals surface area contributed by atoms with Crippen LogP contribution < -0.4 is 5.73 Å². The van der Waals surface area contributed by atoms with Gasteiger partial charge in [0, 0.05) is 24.9 Å². The van der Waals surface area contributed by atoms with Crippen LogP contribution >= 0.6 is 0 Å². The number of carbonyl (C=O) groups excluding carboxylic acids is 1. The first-order chi connectivity index (χ1) is 9.74. The quantitative estimate of drug-likeness (QED) is 0.856. The van der Waals surface area contributed by atoms with E-state index in [2.05, 4.69) is 0 Å². The van der Waals surface area contributed by atoms with Gasteiger partial charge in [0.25, 0.3) is 0 Å². The van der Waals surface area contributed by atoms with Crippen LogP contribution in [0.4, 0.5) is 5.69 Å². The van der Waals surface area contributed by atoms with E-state index in [-0.39, 0.29) is 11.8 Å². The molecule has 2 N–H and O–H groups in total. The third-order valence-electron chi connectivity index (χ3n) is 4.08. The summed E-state index contributed by atoms with van der Waals surface area (Å²) in [5.41, 5.74) is 7.69. The average Bonchev–Trinajstić information content (AvgIpc) is 3.30. The van der Waals surface area contributed by atoms with Gasteiger partial charge in [-0.3, -0.25) is 4.79 Å². The lowest BCUT2D eigenvalue weighted by molar-refractivity contribution is -0.141. The Kier molecular flexibility index (Phi) is 3.92. The predicted molar refractivity (Wildman–Crippen MR) is 78.0 cm³/mol. The van der Waals surface area contributed by atoms with Gasteiger partial charge in [-0.1, -0.05) is 12.1 Å². The van der Waals surface area contributed by atoms with Gasteiger partial charge in [-0.15, -0.1) is 0 Å². The Balaban J connectivity index is 1.70. The number of hydrogen-bond acceptors (Lipinski definition) is 3. The van der Waals surface area contributed by atoms with Crippen molar-refractivity contribution in [3.8, 4) is 0 Å². The largest absolute Gasteiger partial charge is 0.399 e. The van der Waals surface area contributed by atoms with Gasteiger partial charge in [-0.05, 0) is 43.4 Å². The van der Waals surface area contributed by atoms with Crippen molar-refractivity contribution in [1.82, 2.24) is 4.90 Å². The summed E-state index contributed by atoms with van der Waals surface area (Å²) >= 11 is 0. The van der Waals surface area contributed by atoms with Crippen LogP contribution in [-0.4, -0.2) is 30.1 Å². The van der Waals surface area contributed by atoms with Crippen LogP contribution in [0.15, 0.2) is 24.3 Å². The highest BCUT2D eigenvalue weighted by Gasteiger charge is 2.36. The zero-order valence-electron chi connectivity index (χ0n) is 11.8. The predicted octanol–water partition coefficient (Wildman–Crippen LogP) is 2.19. The van der Waals surface area contributed by atoms with E-state index in [1.807, 2.05) is 29.2 Å². The molecule has 108 valence electrons. The molecule has 1 saturated heterocycles. The van der Waals surface area contributed by atoms with Crippen LogP contribution in [0.2, 0.25) is 0 Å². The van der Waals surface area contributed by atoms with E-state index in [1.165, 1.54) is 0 Å². The number of hydrogen-bond donors (Lipinski definition) is 1. The second-order valence-electron chi connectivity index (χ2n) is 5.86. The second kappa shape index (κ2) is 5.83. The molecule has 3 rings (SSSR count). The molecule has 0 spiro atoms. The molecule has 4 heteroatoms. The van der Waals surface area contributed by atoms with Crippen molar-refractivity contribution < 1.29 is 9.53 Å². The van der Waals surface area contributed by atoms with E-state index < -0.39 is 0 Å². The van der Waals surface area contributed by atoms with Crippen LogP contribution in [0.1, 0.15) is 31.2 Å². The van der Waals surface area contributed by atoms with Gasteiger partial charge in [0.2, 0.25) is 5.91 Å². The molecule has 1 amide bonds. The molecule has 1 saturated carbocycles. The summed E-state index contributed by atoms with van der Waals surface area (Å²) in [4.78, 5) is 14.7. The molecule has 1 aromatic rings. The van der Waals surface area contributed by atoms with Crippen LogP contribution in [0.3, 0.4) is 0 Å². The summed E-state index contributed by atoms with van der Waals surface area (Å²) in [5, 5.41) is 0. The topological polar surface area (TPSA) is 55.6 Å². The first-order valence-corrected chi connectivity index (χ1v) is 7.46. The summed E-state index contributed by atoms with van der Waals surface area (Å²) in [6.45, 7) is 2.05. The summed E-state index contributed by atoms with van der Waals surface area (Å²) in [6.07, 6.45) is 4.20. The molecule has 1 aromatic carbocycles. The van der Waals surface area contributed by atoms with Gasteiger partial charge in [0.05, 0.1) is 12.5 Å². The molecular formula is C16H22N2O2. The monoisotopic (exact) mass is 274 g/mol. The molecule has 0 bridgehead atoms. The van der Waals surface area contributed by atoms with Gasteiger partial charge in [0.1, 0.15) is 0 Å². The summed E-state index contributed by atoms with van der Waals surface area (Å²) < 4.78 is 5.46. The van der Waals surface area contributed by atoms with Gasteiger partial charge in [0.15, 0.2) is 0 Å². The van der Waals surface area contributed by atoms with Gasteiger partial charge in [-0.25, -0.2) is 0 Å². The number of nitrogens with zero attached hydrogens (tertiary/aromatic N) is 1. The molecule has 4 nitrogen and oxygen atoms in total. The summed E-state index contributed by atoms with van der Waals surface area (Å²) in [5.74, 6) is 0.306. The lowest BCUT2D eigenvalue weighted by atomic mass is 10.00. The first-order valence-electron chi connectivity index (χ1n) is 7.46. The fourth-order valence-corrected chi connectivity index (χ4v) is 2.83. The van der Waals surface area contributed by atoms with Crippen LogP contribution in [0.5, 0.6) is 0 Å². The minimum Gasteiger partial charge on any atom is -0.399 e. The standard InChI is InChI=1S/C16H22N2O2/c17-14-5-1-3-12(9-14)10-18(15-6-7-15)16(19)13-4-2-8-20-11-13/h1,3,5,9,13,15H,2,4,6-8,10-11,17H2. The summed E-state index contributed by atoms with van der Waals surface area (Å²) in [6, 6.07) is 8.24. The second-order valence-corrected chi connectivity index (χ2v) is 5.86. The zero-order chi connectivity index (χ0) is 13.9. The van der Waals surface area contributed by atoms with E-state index in [0.29, 0.717) is 19.2 Å². The molecule has 2 aliphatic rings. The van der Waals surface area contributed by atoms with E-state index in [9.17, 15) is 4.79 Å². The number of carbonyl (C=O) groups is 1. The highest BCUT2D eigenvalue weighted by Crippen LogP contribution is 2.31. The number of rotatable bonds is 4. The van der Waals surface area contributed by atoms with Crippen molar-refractivity contribution in [2.75, 3.05) is 18.9 Å². The minimum absolute atomic E-state index is 0.0467. The maximum Gasteiger partial charge on any atom is 0.228 e. The Bertz CT molecular complexity index is 479. The Morgan fingerprint density at radius 2 is 2.20 bits per heavy atom. The fraction of sp³-hybridized carbons (Fsp3) is 0.562. The Labute approximate surface area is 119 Å². The summed E-state index contributed by atoms with van der Waals surface area (Å²) in [7, 11) is 0. The highest BCUT2D eigenvalue weighted by atomic mass is 16.5. The molecule has 1 aliphatic carbocycles. The van der Waals surface area contributed by atoms with E-state index in [1.54, 1.807) is 0 Å². The normalized spacial score (nSPS) is 22.5. The van der Waals surface area contributed by atoms with E-state index in [0.717, 1.165) is 43.5 Å². The van der Waals surface area contributed by atoms with Crippen LogP contribution in [0, 0.1) is 5.92 Å². The Morgan fingerprint density at radius 1 is 1.35 bits per heavy atom. The van der Waals surface area contributed by atoms with Crippen molar-refractivity contribution in [1.29, 1.82) is 0 Å². The van der Waals surface area contributed by atoms with Crippen LogP contribution in [-0.2, 0) is 16.1 Å². The molecule has 0 radical (unpaired) electrons. The molecule has 1 heterocycles. The van der Waals surface area contributed by atoms with Gasteiger partial charge >= 0.3 is 0 Å². The molecule has 0 aromatic heterocycles. The molecule has 2 fully saturated rings. The third kappa shape index (κ3) is 3.12. The molecule has 1 unspecified atom stereocenters. The molecule has 20 heavy (non-hydrogen) atoms. The van der Waals surface area contributed by atoms with Crippen molar-refractivity contribution in [3.63, 3.8) is 0 Å². The maximum absolute atomic E-state index is 12.7. The lowest BCUT2D eigenvalue weighted by Crippen LogP contribution is -2.40. The number of amides is 1. The third-order valence-corrected chi connectivity index (χ3v) is 4.08. The highest BCUT2D eigenvalue weighted by molar-refractivity contribution is 5.79. The number of benzene rings is 1. The maximum atomic E-state index is 12.7. The van der Waals surface area contributed by atoms with Crippen molar-refractivity contribution in [2.24, 2.45) is 5.92 Å². The molecule has 1 atom stereocenters. The number of ether oxygens (including phenoxy) is 1. The first kappa shape index (κ1) is 13.4. The van der Waals surface area contributed by atoms with Gasteiger partial charge < -0.3 is 15.4 Å². The molecule has 1 aliphatic heterocycles. The average molecular weight is 274 g/mol. The van der Waals surface area contributed by atoms with Crippen molar-refractivity contribution >= 4 is 11.6 Å². The lowest BCUT2D eigenvalue weighted by Gasteiger charge is -2.29. The number of nitrogens with two attached hydrogens (primary N) is 1.